The number of carboxylic acids is 1. The van der Waals surface area contributed by atoms with Gasteiger partial charge in [0.15, 0.2) is 5.96 Å². The van der Waals surface area contributed by atoms with Gasteiger partial charge in [0.2, 0.25) is 17.7 Å². The summed E-state index contributed by atoms with van der Waals surface area (Å²) in [7, 11) is 0. The van der Waals surface area contributed by atoms with Crippen LogP contribution in [-0.2, 0) is 19.2 Å². The van der Waals surface area contributed by atoms with Crippen molar-refractivity contribution >= 4 is 42.3 Å². The zero-order chi connectivity index (χ0) is 23.8. The molecule has 0 aromatic heterocycles. The molecule has 0 heterocycles. The summed E-state index contributed by atoms with van der Waals surface area (Å²) in [6, 6.07) is -3.05. The fourth-order valence-corrected chi connectivity index (χ4v) is 2.66. The Morgan fingerprint density at radius 3 is 2.19 bits per heavy atom. The quantitative estimate of drug-likeness (QED) is 0.0479. The van der Waals surface area contributed by atoms with Gasteiger partial charge in [0.1, 0.15) is 12.1 Å². The molecule has 14 heteroatoms. The van der Waals surface area contributed by atoms with Gasteiger partial charge in [0.05, 0.1) is 12.6 Å². The van der Waals surface area contributed by atoms with Crippen LogP contribution in [0.2, 0.25) is 0 Å². The molecule has 3 amide bonds. The number of aliphatic carboxylic acids is 1. The lowest BCUT2D eigenvalue weighted by Gasteiger charge is -2.21. The van der Waals surface area contributed by atoms with Crippen LogP contribution in [0.4, 0.5) is 0 Å². The number of carbonyl (C=O) groups excluding carboxylic acids is 3. The fraction of sp³-hybridized carbons (Fsp3) is 0.706. The van der Waals surface area contributed by atoms with Crippen LogP contribution in [0, 0.1) is 0 Å². The normalized spacial score (nSPS) is 13.4. The summed E-state index contributed by atoms with van der Waals surface area (Å²) < 4.78 is 0. The topological polar surface area (TPSA) is 241 Å². The van der Waals surface area contributed by atoms with Crippen LogP contribution >= 0.6 is 12.6 Å². The predicted molar refractivity (Wildman–Crippen MR) is 119 cm³/mol. The standard InChI is InChI=1S/C17H34N8O5S/c18-6-2-1-4-10(19)14(27)23-8-13(26)24-11(5-3-7-22-17(20)21)15(28)25-12(9-31)16(29)30/h10-12,31H,1-9,18-19H2,(H,23,27)(H,24,26)(H,25,28)(H,29,30)(H4,20,21,22). The van der Waals surface area contributed by atoms with E-state index in [-0.39, 0.29) is 24.7 Å². The summed E-state index contributed by atoms with van der Waals surface area (Å²) in [5.41, 5.74) is 21.6. The third-order valence-electron chi connectivity index (χ3n) is 4.12. The van der Waals surface area contributed by atoms with Gasteiger partial charge in [-0.25, -0.2) is 4.79 Å². The number of hydrogen-bond donors (Lipinski definition) is 9. The molecule has 178 valence electrons. The Bertz CT molecular complexity index is 630. The number of aliphatic imine (C=N–C) groups is 1. The maximum atomic E-state index is 12.4. The molecule has 0 radical (unpaired) electrons. The summed E-state index contributed by atoms with van der Waals surface area (Å²) in [6.07, 6.45) is 2.33. The van der Waals surface area contributed by atoms with E-state index in [0.29, 0.717) is 25.8 Å². The highest BCUT2D eigenvalue weighted by atomic mass is 32.1. The van der Waals surface area contributed by atoms with E-state index in [4.69, 9.17) is 28.0 Å². The maximum absolute atomic E-state index is 12.4. The average Bonchev–Trinajstić information content (AvgIpc) is 2.71. The number of nitrogens with one attached hydrogen (secondary N) is 3. The van der Waals surface area contributed by atoms with E-state index in [9.17, 15) is 19.2 Å². The first-order valence-electron chi connectivity index (χ1n) is 9.84. The number of carbonyl (C=O) groups is 4. The van der Waals surface area contributed by atoms with Crippen molar-refractivity contribution in [2.45, 2.75) is 50.2 Å². The molecule has 0 aliphatic rings. The van der Waals surface area contributed by atoms with Crippen molar-refractivity contribution in [2.24, 2.45) is 27.9 Å². The van der Waals surface area contributed by atoms with E-state index in [1.165, 1.54) is 0 Å². The van der Waals surface area contributed by atoms with E-state index in [1.807, 2.05) is 0 Å². The molecule has 0 bridgehead atoms. The van der Waals surface area contributed by atoms with E-state index >= 15 is 0 Å². The Kier molecular flexibility index (Phi) is 14.8. The molecule has 0 aliphatic heterocycles. The van der Waals surface area contributed by atoms with Gasteiger partial charge in [-0.2, -0.15) is 12.6 Å². The first kappa shape index (κ1) is 28.4. The Morgan fingerprint density at radius 2 is 1.65 bits per heavy atom. The molecule has 0 saturated carbocycles. The van der Waals surface area contributed by atoms with Gasteiger partial charge in [-0.15, -0.1) is 0 Å². The van der Waals surface area contributed by atoms with E-state index in [1.54, 1.807) is 0 Å². The van der Waals surface area contributed by atoms with Gasteiger partial charge in [-0.1, -0.05) is 6.42 Å². The number of rotatable bonds is 16. The van der Waals surface area contributed by atoms with Crippen molar-refractivity contribution < 1.29 is 24.3 Å². The molecule has 0 aromatic carbocycles. The minimum atomic E-state index is -1.26. The highest BCUT2D eigenvalue weighted by Gasteiger charge is 2.26. The van der Waals surface area contributed by atoms with Crippen molar-refractivity contribution in [2.75, 3.05) is 25.4 Å². The predicted octanol–water partition coefficient (Wildman–Crippen LogP) is -3.40. The molecule has 3 atom stereocenters. The lowest BCUT2D eigenvalue weighted by atomic mass is 10.1. The monoisotopic (exact) mass is 462 g/mol. The van der Waals surface area contributed by atoms with Gasteiger partial charge >= 0.3 is 5.97 Å². The summed E-state index contributed by atoms with van der Waals surface area (Å²) in [4.78, 5) is 51.5. The SMILES string of the molecule is NCCCCC(N)C(=O)NCC(=O)NC(CCCN=C(N)N)C(=O)NC(CS)C(=O)O. The summed E-state index contributed by atoms with van der Waals surface area (Å²) in [6.45, 7) is 0.320. The van der Waals surface area contributed by atoms with Crippen molar-refractivity contribution in [3.63, 3.8) is 0 Å². The molecule has 0 fully saturated rings. The lowest BCUT2D eigenvalue weighted by molar-refractivity contribution is -0.141. The first-order valence-corrected chi connectivity index (χ1v) is 10.5. The number of carboxylic acid groups (broad SMARTS) is 1. The molecule has 0 aliphatic carbocycles. The molecule has 0 rings (SSSR count). The first-order chi connectivity index (χ1) is 14.6. The smallest absolute Gasteiger partial charge is 0.327 e. The number of thiol groups is 1. The highest BCUT2D eigenvalue weighted by Crippen LogP contribution is 2.01. The zero-order valence-corrected chi connectivity index (χ0v) is 18.3. The van der Waals surface area contributed by atoms with E-state index in [0.717, 1.165) is 6.42 Å². The molecule has 3 unspecified atom stereocenters. The summed E-state index contributed by atoms with van der Waals surface area (Å²) in [5.74, 6) is -3.34. The number of hydrogen-bond acceptors (Lipinski definition) is 8. The van der Waals surface area contributed by atoms with E-state index < -0.39 is 48.4 Å². The largest absolute Gasteiger partial charge is 0.480 e. The van der Waals surface area contributed by atoms with Crippen molar-refractivity contribution in [1.29, 1.82) is 0 Å². The molecule has 13 nitrogen and oxygen atoms in total. The molecule has 12 N–H and O–H groups in total. The highest BCUT2D eigenvalue weighted by molar-refractivity contribution is 7.80. The van der Waals surface area contributed by atoms with Crippen LogP contribution in [0.15, 0.2) is 4.99 Å². The summed E-state index contributed by atoms with van der Waals surface area (Å²) in [5, 5.41) is 16.2. The minimum Gasteiger partial charge on any atom is -0.480 e. The lowest BCUT2D eigenvalue weighted by Crippen LogP contribution is -2.54. The van der Waals surface area contributed by atoms with Gasteiger partial charge in [0, 0.05) is 12.3 Å². The second kappa shape index (κ2) is 16.2. The van der Waals surface area contributed by atoms with Crippen LogP contribution in [-0.4, -0.2) is 78.3 Å². The third-order valence-corrected chi connectivity index (χ3v) is 4.49. The Balaban J connectivity index is 4.82. The van der Waals surface area contributed by atoms with E-state index in [2.05, 4.69) is 33.6 Å². The van der Waals surface area contributed by atoms with Crippen LogP contribution in [0.3, 0.4) is 0 Å². The number of nitrogens with two attached hydrogens (primary N) is 4. The van der Waals surface area contributed by atoms with Gasteiger partial charge < -0.3 is 44.0 Å². The Labute approximate surface area is 186 Å². The third kappa shape index (κ3) is 13.4. The van der Waals surface area contributed by atoms with Gasteiger partial charge in [-0.05, 0) is 32.2 Å². The minimum absolute atomic E-state index is 0.114. The number of unbranched alkanes of at least 4 members (excludes halogenated alkanes) is 1. The second-order valence-electron chi connectivity index (χ2n) is 6.76. The molecule has 0 aromatic rings. The van der Waals surface area contributed by atoms with Gasteiger partial charge in [0.25, 0.3) is 0 Å². The molecular formula is C17H34N8O5S. The average molecular weight is 463 g/mol. The number of amides is 3. The molecule has 31 heavy (non-hydrogen) atoms. The number of nitrogens with zero attached hydrogens (tertiary/aromatic N) is 1. The van der Waals surface area contributed by atoms with Crippen molar-refractivity contribution in [3.8, 4) is 0 Å². The number of guanidine groups is 1. The second-order valence-corrected chi connectivity index (χ2v) is 7.12. The van der Waals surface area contributed by atoms with Crippen molar-refractivity contribution in [3.05, 3.63) is 0 Å². The van der Waals surface area contributed by atoms with Crippen molar-refractivity contribution in [1.82, 2.24) is 16.0 Å². The van der Waals surface area contributed by atoms with Crippen LogP contribution in [0.5, 0.6) is 0 Å². The summed E-state index contributed by atoms with van der Waals surface area (Å²) >= 11 is 3.89. The van der Waals surface area contributed by atoms with Crippen LogP contribution in [0.25, 0.3) is 0 Å². The molecular weight excluding hydrogens is 428 g/mol. The maximum Gasteiger partial charge on any atom is 0.327 e. The fourth-order valence-electron chi connectivity index (χ4n) is 2.41. The van der Waals surface area contributed by atoms with Gasteiger partial charge in [-0.3, -0.25) is 19.4 Å². The van der Waals surface area contributed by atoms with Crippen LogP contribution in [0.1, 0.15) is 32.1 Å². The zero-order valence-electron chi connectivity index (χ0n) is 17.4. The Hall–Kier alpha value is -2.58. The Morgan fingerprint density at radius 1 is 0.968 bits per heavy atom. The van der Waals surface area contributed by atoms with Crippen LogP contribution < -0.4 is 38.9 Å². The molecule has 0 spiro atoms. The molecule has 0 saturated heterocycles.